The van der Waals surface area contributed by atoms with Gasteiger partial charge in [0, 0.05) is 11.1 Å². The molecule has 0 amide bonds. The van der Waals surface area contributed by atoms with Crippen LogP contribution in [0, 0.1) is 23.7 Å². The number of aryl methyl sites for hydroxylation is 2. The molecular weight excluding hydrogens is 801 g/mol. The highest BCUT2D eigenvalue weighted by atomic mass is 16.5. The molecule has 2 aliphatic rings. The van der Waals surface area contributed by atoms with Gasteiger partial charge < -0.3 is 9.47 Å². The molecule has 0 atom stereocenters. The van der Waals surface area contributed by atoms with Gasteiger partial charge in [-0.2, -0.15) is 0 Å². The third kappa shape index (κ3) is 13.8. The van der Waals surface area contributed by atoms with Gasteiger partial charge >= 0.3 is 0 Å². The lowest BCUT2D eigenvalue weighted by Crippen LogP contribution is -2.14. The van der Waals surface area contributed by atoms with Gasteiger partial charge in [0.2, 0.25) is 0 Å². The molecule has 2 nitrogen and oxygen atoms in total. The highest BCUT2D eigenvalue weighted by Gasteiger charge is 2.23. The summed E-state index contributed by atoms with van der Waals surface area (Å²) >= 11 is 0. The Morgan fingerprint density at radius 2 is 0.682 bits per heavy atom. The molecule has 0 N–H and O–H groups in total. The molecule has 2 fully saturated rings. The van der Waals surface area contributed by atoms with Crippen molar-refractivity contribution in [1.29, 1.82) is 0 Å². The molecule has 0 bridgehead atoms. The fraction of sp³-hybridized carbons (Fsp3) is 0.500. The number of unbranched alkanes of at least 4 members (excludes halogenated alkanes) is 6. The fourth-order valence-electron chi connectivity index (χ4n) is 11.7. The summed E-state index contributed by atoms with van der Waals surface area (Å²) in [5, 5.41) is 4.73. The zero-order chi connectivity index (χ0) is 45.2. The Bertz CT molecular complexity index is 2160. The second-order valence-corrected chi connectivity index (χ2v) is 20.8. The molecule has 2 aliphatic carbocycles. The zero-order valence-corrected chi connectivity index (χ0v) is 41.1. The van der Waals surface area contributed by atoms with Crippen LogP contribution < -0.4 is 9.47 Å². The van der Waals surface area contributed by atoms with Crippen LogP contribution in [0.4, 0.5) is 0 Å². The largest absolute Gasteiger partial charge is 0.488 e. The average molecular weight is 883 g/mol. The summed E-state index contributed by atoms with van der Waals surface area (Å²) in [5.74, 6) is 5.71. The van der Waals surface area contributed by atoms with E-state index in [2.05, 4.69) is 135 Å². The summed E-state index contributed by atoms with van der Waals surface area (Å²) in [5.41, 5.74) is 7.46. The molecule has 2 heteroatoms. The SMILES string of the molecule is CCCCC[C@H]1CC[C@H](CCCCc2ccc(COc3ccc4ccccc4c3-c3c(OCc4ccc(CCCC[C@H]5CC[C@H](CCCCC)CC5)cc4)ccc4ccccc34)cc2)CC1. The monoisotopic (exact) mass is 883 g/mol. The molecule has 350 valence electrons. The quantitative estimate of drug-likeness (QED) is 0.0533. The highest BCUT2D eigenvalue weighted by molar-refractivity contribution is 6.09. The molecule has 6 aromatic rings. The number of hydrogen-bond donors (Lipinski definition) is 0. The van der Waals surface area contributed by atoms with E-state index in [9.17, 15) is 0 Å². The summed E-state index contributed by atoms with van der Waals surface area (Å²) in [7, 11) is 0. The van der Waals surface area contributed by atoms with E-state index in [4.69, 9.17) is 9.47 Å². The minimum absolute atomic E-state index is 0.514. The standard InChI is InChI=1S/C64H82O2/c1-3-5-7-17-49-27-31-51(32-28-49)19-9-11-21-53-35-39-55(40-36-53)47-65-61-45-43-57-23-13-15-25-59(57)63(61)64-60-26-16-14-24-58(60)44-46-62(64)66-48-56-41-37-54(38-42-56)22-12-10-20-52-33-29-50(30-34-52)18-8-6-4-2/h13-16,23-26,35-46,49-52H,3-12,17-22,27-34,47-48H2,1-2H3/t49-,50-,51-,52-. The molecule has 0 radical (unpaired) electrons. The van der Waals surface area contributed by atoms with Gasteiger partial charge in [-0.3, -0.25) is 0 Å². The van der Waals surface area contributed by atoms with E-state index in [1.165, 1.54) is 185 Å². The van der Waals surface area contributed by atoms with Crippen LogP contribution in [0.25, 0.3) is 32.7 Å². The molecule has 6 aromatic carbocycles. The molecule has 8 rings (SSSR count). The van der Waals surface area contributed by atoms with Crippen molar-refractivity contribution in [2.45, 2.75) is 181 Å². The lowest BCUT2D eigenvalue weighted by Gasteiger charge is -2.28. The van der Waals surface area contributed by atoms with E-state index in [-0.39, 0.29) is 0 Å². The maximum atomic E-state index is 6.85. The molecule has 66 heavy (non-hydrogen) atoms. The Morgan fingerprint density at radius 1 is 0.348 bits per heavy atom. The molecule has 2 saturated carbocycles. The third-order valence-electron chi connectivity index (χ3n) is 15.9. The van der Waals surface area contributed by atoms with Gasteiger partial charge in [0.15, 0.2) is 0 Å². The third-order valence-corrected chi connectivity index (χ3v) is 15.9. The van der Waals surface area contributed by atoms with Gasteiger partial charge in [-0.05, 0) is 105 Å². The summed E-state index contributed by atoms with van der Waals surface area (Å²) in [6, 6.07) is 44.5. The number of ether oxygens (including phenoxy) is 2. The molecule has 0 spiro atoms. The number of rotatable bonds is 25. The second-order valence-electron chi connectivity index (χ2n) is 20.8. The molecule has 0 heterocycles. The Labute approximate surface area is 400 Å². The van der Waals surface area contributed by atoms with Crippen LogP contribution in [0.1, 0.15) is 177 Å². The van der Waals surface area contributed by atoms with E-state index in [0.717, 1.165) is 59.1 Å². The smallest absolute Gasteiger partial charge is 0.128 e. The maximum Gasteiger partial charge on any atom is 0.128 e. The van der Waals surface area contributed by atoms with Crippen molar-refractivity contribution in [2.75, 3.05) is 0 Å². The first kappa shape index (κ1) is 47.9. The first-order chi connectivity index (χ1) is 32.6. The fourth-order valence-corrected chi connectivity index (χ4v) is 11.7. The van der Waals surface area contributed by atoms with Crippen molar-refractivity contribution in [3.05, 3.63) is 144 Å². The van der Waals surface area contributed by atoms with E-state index in [1.54, 1.807) is 0 Å². The summed E-state index contributed by atoms with van der Waals surface area (Å²) in [4.78, 5) is 0. The van der Waals surface area contributed by atoms with E-state index >= 15 is 0 Å². The Hall–Kier alpha value is -4.56. The lowest BCUT2D eigenvalue weighted by molar-refractivity contribution is 0.245. The van der Waals surface area contributed by atoms with Crippen LogP contribution in [-0.2, 0) is 26.1 Å². The first-order valence-electron chi connectivity index (χ1n) is 27.1. The highest BCUT2D eigenvalue weighted by Crippen LogP contribution is 2.46. The molecular formula is C64H82O2. The van der Waals surface area contributed by atoms with Crippen molar-refractivity contribution < 1.29 is 9.47 Å². The minimum Gasteiger partial charge on any atom is -0.488 e. The molecule has 0 aromatic heterocycles. The van der Waals surface area contributed by atoms with E-state index in [0.29, 0.717) is 13.2 Å². The van der Waals surface area contributed by atoms with Crippen LogP contribution in [0.15, 0.2) is 121 Å². The predicted molar refractivity (Wildman–Crippen MR) is 283 cm³/mol. The van der Waals surface area contributed by atoms with Gasteiger partial charge in [-0.25, -0.2) is 0 Å². The number of hydrogen-bond acceptors (Lipinski definition) is 2. The normalized spacial score (nSPS) is 18.8. The van der Waals surface area contributed by atoms with Crippen LogP contribution in [0.2, 0.25) is 0 Å². The van der Waals surface area contributed by atoms with Gasteiger partial charge in [0.05, 0.1) is 0 Å². The minimum atomic E-state index is 0.514. The lowest BCUT2D eigenvalue weighted by atomic mass is 9.78. The Balaban J connectivity index is 0.869. The molecule has 0 unspecified atom stereocenters. The van der Waals surface area contributed by atoms with Gasteiger partial charge in [-0.1, -0.05) is 251 Å². The Morgan fingerprint density at radius 3 is 1.05 bits per heavy atom. The van der Waals surface area contributed by atoms with Crippen LogP contribution in [0.3, 0.4) is 0 Å². The van der Waals surface area contributed by atoms with E-state index < -0.39 is 0 Å². The molecule has 0 aliphatic heterocycles. The van der Waals surface area contributed by atoms with Crippen molar-refractivity contribution in [1.82, 2.24) is 0 Å². The zero-order valence-electron chi connectivity index (χ0n) is 41.1. The summed E-state index contributed by atoms with van der Waals surface area (Å²) < 4.78 is 13.7. The van der Waals surface area contributed by atoms with Crippen LogP contribution >= 0.6 is 0 Å². The van der Waals surface area contributed by atoms with Gasteiger partial charge in [0.25, 0.3) is 0 Å². The Kier molecular flexibility index (Phi) is 18.5. The number of benzene rings is 6. The van der Waals surface area contributed by atoms with Crippen molar-refractivity contribution in [2.24, 2.45) is 23.7 Å². The maximum absolute atomic E-state index is 6.85. The van der Waals surface area contributed by atoms with E-state index in [1.807, 2.05) is 0 Å². The number of fused-ring (bicyclic) bond motifs is 2. The summed E-state index contributed by atoms with van der Waals surface area (Å²) in [6.07, 6.45) is 33.6. The second kappa shape index (κ2) is 25.5. The summed E-state index contributed by atoms with van der Waals surface area (Å²) in [6.45, 7) is 5.67. The van der Waals surface area contributed by atoms with Crippen LogP contribution in [0.5, 0.6) is 11.5 Å². The van der Waals surface area contributed by atoms with Crippen molar-refractivity contribution in [3.8, 4) is 22.6 Å². The van der Waals surface area contributed by atoms with Gasteiger partial charge in [-0.15, -0.1) is 0 Å². The first-order valence-corrected chi connectivity index (χ1v) is 27.1. The van der Waals surface area contributed by atoms with Gasteiger partial charge in [0.1, 0.15) is 24.7 Å². The predicted octanol–water partition coefficient (Wildman–Crippen LogP) is 19.0. The average Bonchev–Trinajstić information content (AvgIpc) is 3.37. The van der Waals surface area contributed by atoms with Crippen molar-refractivity contribution in [3.63, 3.8) is 0 Å². The van der Waals surface area contributed by atoms with Crippen molar-refractivity contribution >= 4 is 21.5 Å². The molecule has 0 saturated heterocycles. The topological polar surface area (TPSA) is 18.5 Å². The van der Waals surface area contributed by atoms with Crippen LogP contribution in [-0.4, -0.2) is 0 Å².